The molecular formula is C40H67N5O9. The van der Waals surface area contributed by atoms with Crippen LogP contribution in [0.5, 0.6) is 0 Å². The molecule has 2 rings (SSSR count). The number of carbonyl (C=O) groups excluding carboxylic acids is 4. The summed E-state index contributed by atoms with van der Waals surface area (Å²) in [5.41, 5.74) is 0.345. The maximum atomic E-state index is 14.2. The van der Waals surface area contributed by atoms with Gasteiger partial charge in [-0.15, -0.1) is 0 Å². The van der Waals surface area contributed by atoms with E-state index in [1.54, 1.807) is 54.1 Å². The van der Waals surface area contributed by atoms with Gasteiger partial charge in [-0.05, 0) is 50.3 Å². The largest absolute Gasteiger partial charge is 0.480 e. The van der Waals surface area contributed by atoms with Crippen molar-refractivity contribution in [2.24, 2.45) is 23.7 Å². The van der Waals surface area contributed by atoms with Crippen molar-refractivity contribution >= 4 is 29.6 Å². The van der Waals surface area contributed by atoms with E-state index in [-0.39, 0.29) is 41.9 Å². The highest BCUT2D eigenvalue weighted by molar-refractivity contribution is 5.90. The van der Waals surface area contributed by atoms with Gasteiger partial charge in [-0.25, -0.2) is 4.79 Å². The van der Waals surface area contributed by atoms with Crippen molar-refractivity contribution in [1.29, 1.82) is 0 Å². The highest BCUT2D eigenvalue weighted by atomic mass is 16.5. The van der Waals surface area contributed by atoms with Crippen molar-refractivity contribution in [2.45, 2.75) is 123 Å². The lowest BCUT2D eigenvalue weighted by molar-refractivity contribution is -0.149. The van der Waals surface area contributed by atoms with E-state index < -0.39 is 66.3 Å². The number of aliphatic carboxylic acids is 1. The van der Waals surface area contributed by atoms with Gasteiger partial charge in [0, 0.05) is 27.8 Å². The van der Waals surface area contributed by atoms with Gasteiger partial charge in [0.15, 0.2) is 6.04 Å². The van der Waals surface area contributed by atoms with Gasteiger partial charge in [0.25, 0.3) is 0 Å². The van der Waals surface area contributed by atoms with Crippen molar-refractivity contribution in [3.8, 4) is 0 Å². The quantitative estimate of drug-likeness (QED) is 0.146. The van der Waals surface area contributed by atoms with E-state index in [1.807, 2.05) is 60.5 Å². The number of methoxy groups -OCH3 is 2. The van der Waals surface area contributed by atoms with Crippen LogP contribution in [0, 0.1) is 23.7 Å². The molecule has 0 aromatic heterocycles. The maximum Gasteiger partial charge on any atom is 0.329 e. The molecule has 1 fully saturated rings. The number of carbonyl (C=O) groups is 5. The number of benzene rings is 1. The first-order chi connectivity index (χ1) is 25.3. The number of nitrogens with one attached hydrogen (secondary N) is 2. The van der Waals surface area contributed by atoms with Gasteiger partial charge in [0.1, 0.15) is 12.1 Å². The molecule has 0 aliphatic carbocycles. The van der Waals surface area contributed by atoms with Crippen molar-refractivity contribution in [3.63, 3.8) is 0 Å². The number of aliphatic hydroxyl groups is 1. The number of aliphatic hydroxyl groups excluding tert-OH is 1. The summed E-state index contributed by atoms with van der Waals surface area (Å²) in [5, 5.41) is 26.2. The molecule has 1 aliphatic heterocycles. The fourth-order valence-electron chi connectivity index (χ4n) is 7.81. The molecule has 0 radical (unpaired) electrons. The Hall–Kier alpha value is -3.59. The van der Waals surface area contributed by atoms with Gasteiger partial charge in [0.2, 0.25) is 23.6 Å². The molecule has 14 nitrogen and oxygen atoms in total. The molecular weight excluding hydrogens is 694 g/mol. The molecule has 306 valence electrons. The van der Waals surface area contributed by atoms with Crippen LogP contribution in [0.15, 0.2) is 30.3 Å². The molecule has 54 heavy (non-hydrogen) atoms. The van der Waals surface area contributed by atoms with Crippen LogP contribution in [0.3, 0.4) is 0 Å². The molecule has 0 saturated carbocycles. The smallest absolute Gasteiger partial charge is 0.329 e. The fourth-order valence-corrected chi connectivity index (χ4v) is 7.81. The molecule has 0 spiro atoms. The summed E-state index contributed by atoms with van der Waals surface area (Å²) in [5.74, 6) is -3.87. The van der Waals surface area contributed by atoms with Crippen LogP contribution in [-0.4, -0.2) is 139 Å². The van der Waals surface area contributed by atoms with E-state index in [2.05, 4.69) is 10.6 Å². The van der Waals surface area contributed by atoms with Gasteiger partial charge in [-0.2, -0.15) is 0 Å². The number of carboxylic acids is 1. The standard InChI is InChI=1S/C40H67N5O9/c1-13-25(6)34(44(10)39(50)31(23(2)3)41-38(49)33(24(4)5)43(8)9)29(53-11)22-30(46)45-21-17-20-28(45)36(54-12)26(7)37(48)42-32(40(51)52)35(47)27-18-15-14-16-19-27/h14-16,18-19,23-26,28-29,31-36,47H,13,17,20-22H2,1-12H3,(H,41,49)(H,42,48)(H,51,52)/t25-,26+,28-,29+,31-,32?,33-,34-,35-,36+/m0/s1. The summed E-state index contributed by atoms with van der Waals surface area (Å²) < 4.78 is 11.8. The number of hydrogen-bond donors (Lipinski definition) is 4. The predicted molar refractivity (Wildman–Crippen MR) is 206 cm³/mol. The topological polar surface area (TPSA) is 178 Å². The Bertz CT molecular complexity index is 1370. The van der Waals surface area contributed by atoms with Crippen LogP contribution in [0.25, 0.3) is 0 Å². The van der Waals surface area contributed by atoms with Crippen LogP contribution < -0.4 is 10.6 Å². The van der Waals surface area contributed by atoms with E-state index in [1.165, 1.54) is 14.2 Å². The van der Waals surface area contributed by atoms with E-state index in [9.17, 15) is 34.2 Å². The SMILES string of the molecule is CC[C@H](C)[C@@H]([C@@H](CC(=O)N1CCC[C@H]1[C@H](OC)[C@@H](C)C(=O)NC(C(=O)O)[C@@H](O)c1ccccc1)OC)N(C)C(=O)[C@@H](NC(=O)[C@H](C(C)C)N(C)C)C(C)C. The molecule has 1 aromatic rings. The Labute approximate surface area is 322 Å². The van der Waals surface area contributed by atoms with Gasteiger partial charge < -0.3 is 40.1 Å². The highest BCUT2D eigenvalue weighted by Crippen LogP contribution is 2.30. The first-order valence-electron chi connectivity index (χ1n) is 19.2. The van der Waals surface area contributed by atoms with E-state index in [0.29, 0.717) is 31.4 Å². The lowest BCUT2D eigenvalue weighted by Gasteiger charge is -2.41. The van der Waals surface area contributed by atoms with Gasteiger partial charge in [-0.1, -0.05) is 85.2 Å². The van der Waals surface area contributed by atoms with Crippen molar-refractivity contribution in [1.82, 2.24) is 25.3 Å². The second-order valence-corrected chi connectivity index (χ2v) is 15.7. The Kier molecular flexibility index (Phi) is 18.5. The molecule has 4 N–H and O–H groups in total. The zero-order valence-electron chi connectivity index (χ0n) is 34.4. The Morgan fingerprint density at radius 2 is 1.48 bits per heavy atom. The van der Waals surface area contributed by atoms with E-state index in [0.717, 1.165) is 0 Å². The minimum Gasteiger partial charge on any atom is -0.480 e. The van der Waals surface area contributed by atoms with Crippen LogP contribution in [0.2, 0.25) is 0 Å². The van der Waals surface area contributed by atoms with Gasteiger partial charge >= 0.3 is 5.97 Å². The fraction of sp³-hybridized carbons (Fsp3) is 0.725. The normalized spacial score (nSPS) is 19.7. The second-order valence-electron chi connectivity index (χ2n) is 15.7. The first kappa shape index (κ1) is 46.6. The molecule has 1 aliphatic rings. The van der Waals surface area contributed by atoms with Gasteiger partial charge in [0.05, 0.1) is 42.7 Å². The average Bonchev–Trinajstić information content (AvgIpc) is 3.61. The summed E-state index contributed by atoms with van der Waals surface area (Å²) in [6.07, 6.45) is -1.07. The third-order valence-corrected chi connectivity index (χ3v) is 11.0. The molecule has 1 aromatic carbocycles. The summed E-state index contributed by atoms with van der Waals surface area (Å²) in [7, 11) is 8.34. The minimum absolute atomic E-state index is 0.0241. The Morgan fingerprint density at radius 1 is 0.889 bits per heavy atom. The van der Waals surface area contributed by atoms with Crippen LogP contribution >= 0.6 is 0 Å². The number of carboxylic acid groups (broad SMARTS) is 1. The number of likely N-dealkylation sites (N-methyl/N-ethyl adjacent to an activating group) is 2. The Morgan fingerprint density at radius 3 is 1.96 bits per heavy atom. The van der Waals surface area contributed by atoms with Crippen molar-refractivity contribution < 1.29 is 43.7 Å². The molecule has 14 heteroatoms. The molecule has 1 saturated heterocycles. The summed E-state index contributed by atoms with van der Waals surface area (Å²) in [4.78, 5) is 72.6. The van der Waals surface area contributed by atoms with Crippen LogP contribution in [-0.2, 0) is 33.4 Å². The van der Waals surface area contributed by atoms with E-state index >= 15 is 0 Å². The van der Waals surface area contributed by atoms with Gasteiger partial charge in [-0.3, -0.25) is 24.1 Å². The number of hydrogen-bond acceptors (Lipinski definition) is 9. The first-order valence-corrected chi connectivity index (χ1v) is 19.2. The lowest BCUT2D eigenvalue weighted by atomic mass is 9.89. The maximum absolute atomic E-state index is 14.2. The van der Waals surface area contributed by atoms with Crippen molar-refractivity contribution in [3.05, 3.63) is 35.9 Å². The molecule has 10 atom stereocenters. The third-order valence-electron chi connectivity index (χ3n) is 11.0. The lowest BCUT2D eigenvalue weighted by Crippen LogP contribution is -2.59. The summed E-state index contributed by atoms with van der Waals surface area (Å²) in [6.45, 7) is 13.8. The minimum atomic E-state index is -1.60. The zero-order chi connectivity index (χ0) is 41.0. The number of nitrogens with zero attached hydrogens (tertiary/aromatic N) is 3. The monoisotopic (exact) mass is 761 g/mol. The number of likely N-dealkylation sites (tertiary alicyclic amines) is 1. The second kappa shape index (κ2) is 21.5. The third kappa shape index (κ3) is 11.7. The molecule has 4 amide bonds. The molecule has 1 unspecified atom stereocenters. The number of rotatable bonds is 21. The number of amides is 4. The van der Waals surface area contributed by atoms with Crippen molar-refractivity contribution in [2.75, 3.05) is 41.9 Å². The summed E-state index contributed by atoms with van der Waals surface area (Å²) in [6, 6.07) is 4.42. The summed E-state index contributed by atoms with van der Waals surface area (Å²) >= 11 is 0. The average molecular weight is 762 g/mol. The van der Waals surface area contributed by atoms with E-state index in [4.69, 9.17) is 9.47 Å². The zero-order valence-corrected chi connectivity index (χ0v) is 34.4. The van der Waals surface area contributed by atoms with Crippen LogP contribution in [0.4, 0.5) is 0 Å². The predicted octanol–water partition coefficient (Wildman–Crippen LogP) is 2.94. The van der Waals surface area contributed by atoms with Crippen LogP contribution in [0.1, 0.15) is 85.8 Å². The number of ether oxygens (including phenoxy) is 2. The molecule has 0 bridgehead atoms. The highest BCUT2D eigenvalue weighted by Gasteiger charge is 2.44. The Balaban J connectivity index is 2.29. The molecule has 1 heterocycles.